The number of aromatic nitrogens is 1. The lowest BCUT2D eigenvalue weighted by Crippen LogP contribution is -2.49. The number of carbonyl (C=O) groups excluding carboxylic acids is 1. The van der Waals surface area contributed by atoms with Crippen LogP contribution in [-0.4, -0.2) is 68.2 Å². The molecular weight excluding hydrogens is 616 g/mol. The number of rotatable bonds is 10. The van der Waals surface area contributed by atoms with Crippen molar-refractivity contribution in [1.29, 1.82) is 0 Å². The van der Waals surface area contributed by atoms with E-state index in [9.17, 15) is 18.3 Å². The van der Waals surface area contributed by atoms with Crippen LogP contribution < -0.4 is 24.4 Å². The maximum atomic E-state index is 14.1. The molecule has 3 heterocycles. The number of aliphatic hydroxyl groups is 1. The zero-order valence-electron chi connectivity index (χ0n) is 27.6. The number of ether oxygens (including phenoxy) is 2. The molecule has 11 heteroatoms. The van der Waals surface area contributed by atoms with Crippen LogP contribution in [0.5, 0.6) is 11.5 Å². The second-order valence-corrected chi connectivity index (χ2v) is 15.7. The van der Waals surface area contributed by atoms with Crippen molar-refractivity contribution >= 4 is 32.5 Å². The summed E-state index contributed by atoms with van der Waals surface area (Å²) in [5, 5.41) is 19.0. The Balaban J connectivity index is 1.30. The largest absolute Gasteiger partial charge is 0.493 e. The molecule has 10 nitrogen and oxygen atoms in total. The number of aliphatic hydroxyl groups excluding tert-OH is 1. The van der Waals surface area contributed by atoms with Crippen LogP contribution in [-0.2, 0) is 29.4 Å². The number of aryl methyl sites for hydroxylation is 1. The average Bonchev–Trinajstić information content (AvgIpc) is 3.40. The fraction of sp³-hybridized carbons (Fsp3) is 0.417. The number of nitrogens with one attached hydrogen (secondary N) is 2. The topological polar surface area (TPSA) is 122 Å². The van der Waals surface area contributed by atoms with Crippen molar-refractivity contribution in [2.45, 2.75) is 69.5 Å². The standard InChI is InChI=1S/C36H44N4O6S/c1-6-24-21-40-22-36(2,3)47(43,44)39(4)30-19-25(18-27(24)33(30)40)35(42)38-29(17-23-11-8-7-9-12-23)31(41)20-37-28-15-16-46-34-26(28)13-10-14-32(34)45-5/h7-14,18-19,21,28-29,31,37,41H,6,15-17,20,22H2,1-5H3,(H,38,42)/t28-,29+,31-/m1/s1. The van der Waals surface area contributed by atoms with Gasteiger partial charge in [0.15, 0.2) is 11.5 Å². The molecule has 3 aromatic carbocycles. The van der Waals surface area contributed by atoms with Gasteiger partial charge in [0.1, 0.15) is 4.75 Å². The minimum Gasteiger partial charge on any atom is -0.493 e. The Kier molecular flexibility index (Phi) is 8.99. The fourth-order valence-corrected chi connectivity index (χ4v) is 8.28. The molecule has 0 unspecified atom stereocenters. The average molecular weight is 661 g/mol. The first-order valence-electron chi connectivity index (χ1n) is 16.1. The molecule has 0 bridgehead atoms. The van der Waals surface area contributed by atoms with Gasteiger partial charge in [-0.05, 0) is 56.0 Å². The lowest BCUT2D eigenvalue weighted by Gasteiger charge is -2.31. The number of fused-ring (bicyclic) bond motifs is 1. The van der Waals surface area contributed by atoms with Gasteiger partial charge in [-0.3, -0.25) is 9.10 Å². The van der Waals surface area contributed by atoms with E-state index in [1.807, 2.05) is 65.4 Å². The highest BCUT2D eigenvalue weighted by Gasteiger charge is 2.42. The monoisotopic (exact) mass is 660 g/mol. The van der Waals surface area contributed by atoms with Gasteiger partial charge >= 0.3 is 0 Å². The highest BCUT2D eigenvalue weighted by molar-refractivity contribution is 7.94. The SMILES string of the molecule is CCc1cn2c3c(cc(C(=O)N[C@@H](Cc4ccccc4)[C@H](O)CN[C@@H]4CCOc5c(OC)cccc54)cc13)N(C)S(=O)(=O)C(C)(C)C2. The van der Waals surface area contributed by atoms with Crippen molar-refractivity contribution < 1.29 is 27.8 Å². The maximum Gasteiger partial charge on any atom is 0.251 e. The number of anilines is 1. The number of carbonyl (C=O) groups is 1. The molecule has 6 rings (SSSR count). The number of methoxy groups -OCH3 is 1. The van der Waals surface area contributed by atoms with Crippen LogP contribution in [0, 0.1) is 0 Å². The van der Waals surface area contributed by atoms with Gasteiger partial charge in [0.2, 0.25) is 10.0 Å². The van der Waals surface area contributed by atoms with Gasteiger partial charge in [-0.2, -0.15) is 0 Å². The molecule has 250 valence electrons. The molecule has 2 aliphatic rings. The van der Waals surface area contributed by atoms with Crippen LogP contribution in [0.4, 0.5) is 5.69 Å². The maximum absolute atomic E-state index is 14.1. The van der Waals surface area contributed by atoms with E-state index >= 15 is 0 Å². The Morgan fingerprint density at radius 1 is 1.15 bits per heavy atom. The summed E-state index contributed by atoms with van der Waals surface area (Å²) in [6.07, 6.45) is 2.93. The summed E-state index contributed by atoms with van der Waals surface area (Å²) >= 11 is 0. The van der Waals surface area contributed by atoms with Gasteiger partial charge in [0.25, 0.3) is 5.91 Å². The second kappa shape index (κ2) is 12.9. The highest BCUT2D eigenvalue weighted by Crippen LogP contribution is 2.41. The molecule has 3 atom stereocenters. The molecule has 4 aromatic rings. The predicted molar refractivity (Wildman–Crippen MR) is 184 cm³/mol. The lowest BCUT2D eigenvalue weighted by molar-refractivity contribution is 0.0819. The predicted octanol–water partition coefficient (Wildman–Crippen LogP) is 4.59. The summed E-state index contributed by atoms with van der Waals surface area (Å²) < 4.78 is 40.9. The second-order valence-electron chi connectivity index (χ2n) is 13.1. The van der Waals surface area contributed by atoms with Crippen molar-refractivity contribution in [2.75, 3.05) is 31.6 Å². The summed E-state index contributed by atoms with van der Waals surface area (Å²) in [6, 6.07) is 18.3. The fourth-order valence-electron chi connectivity index (χ4n) is 6.83. The molecule has 0 saturated carbocycles. The van der Waals surface area contributed by atoms with E-state index in [0.29, 0.717) is 42.3 Å². The first-order chi connectivity index (χ1) is 22.4. The number of sulfonamides is 1. The first kappa shape index (κ1) is 32.9. The normalized spacial score (nSPS) is 19.3. The third kappa shape index (κ3) is 6.08. The molecule has 1 amide bonds. The lowest BCUT2D eigenvalue weighted by atomic mass is 9.97. The molecule has 0 aliphatic carbocycles. The number of nitrogens with zero attached hydrogens (tertiary/aromatic N) is 2. The third-order valence-corrected chi connectivity index (χ3v) is 12.0. The Morgan fingerprint density at radius 3 is 2.64 bits per heavy atom. The van der Waals surface area contributed by atoms with Crippen LogP contribution in [0.15, 0.2) is 66.9 Å². The van der Waals surface area contributed by atoms with Gasteiger partial charge in [0.05, 0.1) is 37.1 Å². The van der Waals surface area contributed by atoms with Crippen LogP contribution in [0.2, 0.25) is 0 Å². The van der Waals surface area contributed by atoms with Crippen molar-refractivity contribution in [3.63, 3.8) is 0 Å². The Hall–Kier alpha value is -4.06. The van der Waals surface area contributed by atoms with Crippen molar-refractivity contribution in [1.82, 2.24) is 15.2 Å². The quantitative estimate of drug-likeness (QED) is 0.228. The van der Waals surface area contributed by atoms with E-state index < -0.39 is 26.9 Å². The van der Waals surface area contributed by atoms with E-state index in [2.05, 4.69) is 17.6 Å². The van der Waals surface area contributed by atoms with Crippen LogP contribution in [0.3, 0.4) is 0 Å². The first-order valence-corrected chi connectivity index (χ1v) is 17.6. The Bertz CT molecular complexity index is 1890. The molecule has 0 fully saturated rings. The van der Waals surface area contributed by atoms with Gasteiger partial charge < -0.3 is 29.8 Å². The van der Waals surface area contributed by atoms with Crippen molar-refractivity contribution in [3.8, 4) is 11.5 Å². The van der Waals surface area contributed by atoms with Crippen LogP contribution in [0.25, 0.3) is 10.9 Å². The summed E-state index contributed by atoms with van der Waals surface area (Å²) in [5.74, 6) is 0.987. The summed E-state index contributed by atoms with van der Waals surface area (Å²) in [4.78, 5) is 14.1. The van der Waals surface area contributed by atoms with Crippen LogP contribution in [0.1, 0.15) is 60.3 Å². The van der Waals surface area contributed by atoms with E-state index in [1.54, 1.807) is 34.1 Å². The van der Waals surface area contributed by atoms with Gasteiger partial charge in [-0.25, -0.2) is 8.42 Å². The summed E-state index contributed by atoms with van der Waals surface area (Å²) in [5.41, 5.74) is 4.58. The molecule has 0 spiro atoms. The van der Waals surface area contributed by atoms with E-state index in [-0.39, 0.29) is 18.5 Å². The minimum absolute atomic E-state index is 0.0609. The zero-order chi connectivity index (χ0) is 33.5. The Morgan fingerprint density at radius 2 is 1.91 bits per heavy atom. The van der Waals surface area contributed by atoms with Gasteiger partial charge in [0, 0.05) is 55.3 Å². The number of para-hydroxylation sites is 1. The smallest absolute Gasteiger partial charge is 0.251 e. The zero-order valence-corrected chi connectivity index (χ0v) is 28.4. The molecule has 1 aromatic heterocycles. The van der Waals surface area contributed by atoms with Gasteiger partial charge in [-0.1, -0.05) is 49.4 Å². The number of hydrogen-bond acceptors (Lipinski definition) is 7. The number of hydrogen-bond donors (Lipinski definition) is 3. The molecule has 3 N–H and O–H groups in total. The van der Waals surface area contributed by atoms with Gasteiger partial charge in [-0.15, -0.1) is 0 Å². The number of amides is 1. The third-order valence-electron chi connectivity index (χ3n) is 9.54. The number of benzene rings is 3. The van der Waals surface area contributed by atoms with E-state index in [1.165, 1.54) is 4.31 Å². The van der Waals surface area contributed by atoms with Crippen molar-refractivity contribution in [2.24, 2.45) is 0 Å². The highest BCUT2D eigenvalue weighted by atomic mass is 32.2. The Labute approximate surface area is 276 Å². The summed E-state index contributed by atoms with van der Waals surface area (Å²) in [6.45, 7) is 6.55. The van der Waals surface area contributed by atoms with E-state index in [0.717, 1.165) is 40.4 Å². The van der Waals surface area contributed by atoms with Crippen molar-refractivity contribution in [3.05, 3.63) is 89.1 Å². The molecule has 2 aliphatic heterocycles. The molecule has 47 heavy (non-hydrogen) atoms. The summed E-state index contributed by atoms with van der Waals surface area (Å²) in [7, 11) is -0.560. The van der Waals surface area contributed by atoms with E-state index in [4.69, 9.17) is 9.47 Å². The molecule has 0 saturated heterocycles. The molecular formula is C36H44N4O6S. The minimum atomic E-state index is -3.73. The van der Waals surface area contributed by atoms with Crippen LogP contribution >= 0.6 is 0 Å². The molecule has 0 radical (unpaired) electrons.